The third-order valence-electron chi connectivity index (χ3n) is 2.65. The molecule has 0 aliphatic heterocycles. The van der Waals surface area contributed by atoms with Crippen molar-refractivity contribution in [2.45, 2.75) is 20.8 Å². The van der Waals surface area contributed by atoms with Crippen LogP contribution in [0, 0.1) is 5.41 Å². The van der Waals surface area contributed by atoms with Gasteiger partial charge in [0.15, 0.2) is 23.9 Å². The van der Waals surface area contributed by atoms with Crippen molar-refractivity contribution in [1.29, 1.82) is 0 Å². The SMILES string of the molecule is COc1cc(C(=O)OCC(=O)C(C)(C)C)cc(Br)c1O. The Balaban J connectivity index is 2.84. The van der Waals surface area contributed by atoms with E-state index in [1.807, 2.05) is 0 Å². The predicted molar refractivity (Wildman–Crippen MR) is 77.1 cm³/mol. The quantitative estimate of drug-likeness (QED) is 0.850. The van der Waals surface area contributed by atoms with Crippen molar-refractivity contribution in [2.24, 2.45) is 5.41 Å². The van der Waals surface area contributed by atoms with Crippen molar-refractivity contribution in [3.05, 3.63) is 22.2 Å². The minimum Gasteiger partial charge on any atom is -0.503 e. The van der Waals surface area contributed by atoms with Gasteiger partial charge in [-0.3, -0.25) is 4.79 Å². The van der Waals surface area contributed by atoms with Gasteiger partial charge in [-0.1, -0.05) is 20.8 Å². The second-order valence-electron chi connectivity index (χ2n) is 5.26. The number of ketones is 1. The van der Waals surface area contributed by atoms with Crippen LogP contribution in [0.2, 0.25) is 0 Å². The Bertz CT molecular complexity index is 531. The average Bonchev–Trinajstić information content (AvgIpc) is 2.37. The molecule has 1 aromatic carbocycles. The number of methoxy groups -OCH3 is 1. The Morgan fingerprint density at radius 1 is 1.30 bits per heavy atom. The Kier molecular flexibility index (Phi) is 5.16. The van der Waals surface area contributed by atoms with Crippen molar-refractivity contribution in [1.82, 2.24) is 0 Å². The lowest BCUT2D eigenvalue weighted by atomic mass is 9.91. The van der Waals surface area contributed by atoms with Crippen LogP contribution in [0.3, 0.4) is 0 Å². The molecule has 0 aliphatic rings. The van der Waals surface area contributed by atoms with Crippen LogP contribution in [-0.4, -0.2) is 30.6 Å². The fraction of sp³-hybridized carbons (Fsp3) is 0.429. The number of rotatable bonds is 4. The van der Waals surface area contributed by atoms with Gasteiger partial charge in [-0.05, 0) is 28.1 Å². The number of ether oxygens (including phenoxy) is 2. The van der Waals surface area contributed by atoms with Crippen LogP contribution >= 0.6 is 15.9 Å². The number of phenolic OH excluding ortho intramolecular Hbond substituents is 1. The van der Waals surface area contributed by atoms with Gasteiger partial charge in [-0.25, -0.2) is 4.79 Å². The summed E-state index contributed by atoms with van der Waals surface area (Å²) >= 11 is 3.11. The molecule has 1 N–H and O–H groups in total. The smallest absolute Gasteiger partial charge is 0.338 e. The van der Waals surface area contributed by atoms with Crippen molar-refractivity contribution in [2.75, 3.05) is 13.7 Å². The number of aromatic hydroxyl groups is 1. The molecule has 6 heteroatoms. The fourth-order valence-corrected chi connectivity index (χ4v) is 1.72. The zero-order valence-corrected chi connectivity index (χ0v) is 13.4. The number of carbonyl (C=O) groups is 2. The van der Waals surface area contributed by atoms with Crippen molar-refractivity contribution in [3.63, 3.8) is 0 Å². The topological polar surface area (TPSA) is 72.8 Å². The maximum atomic E-state index is 11.9. The van der Waals surface area contributed by atoms with Crippen LogP contribution in [0.4, 0.5) is 0 Å². The molecule has 20 heavy (non-hydrogen) atoms. The highest BCUT2D eigenvalue weighted by atomic mass is 79.9. The summed E-state index contributed by atoms with van der Waals surface area (Å²) in [4.78, 5) is 23.6. The number of hydrogen-bond donors (Lipinski definition) is 1. The summed E-state index contributed by atoms with van der Waals surface area (Å²) in [6.07, 6.45) is 0. The Labute approximate surface area is 126 Å². The average molecular weight is 345 g/mol. The van der Waals surface area contributed by atoms with Gasteiger partial charge < -0.3 is 14.6 Å². The molecule has 1 aromatic rings. The Hall–Kier alpha value is -1.56. The number of Topliss-reactive ketones (excluding diaryl/α,β-unsaturated/α-hetero) is 1. The third kappa shape index (κ3) is 3.96. The van der Waals surface area contributed by atoms with Crippen LogP contribution in [0.15, 0.2) is 16.6 Å². The minimum absolute atomic E-state index is 0.102. The number of carbonyl (C=O) groups excluding carboxylic acids is 2. The maximum absolute atomic E-state index is 11.9. The highest BCUT2D eigenvalue weighted by molar-refractivity contribution is 9.10. The summed E-state index contributed by atoms with van der Waals surface area (Å²) in [5, 5.41) is 9.65. The van der Waals surface area contributed by atoms with E-state index >= 15 is 0 Å². The minimum atomic E-state index is -0.651. The summed E-state index contributed by atoms with van der Waals surface area (Å²) in [5.74, 6) is -0.777. The largest absolute Gasteiger partial charge is 0.503 e. The van der Waals surface area contributed by atoms with Gasteiger partial charge in [0.25, 0.3) is 0 Å². The van der Waals surface area contributed by atoms with E-state index in [0.717, 1.165) is 0 Å². The number of benzene rings is 1. The van der Waals surface area contributed by atoms with Crippen LogP contribution in [0.5, 0.6) is 11.5 Å². The Morgan fingerprint density at radius 2 is 1.90 bits per heavy atom. The number of hydrogen-bond acceptors (Lipinski definition) is 5. The van der Waals surface area contributed by atoms with E-state index in [1.165, 1.54) is 19.2 Å². The Morgan fingerprint density at radius 3 is 2.40 bits per heavy atom. The zero-order valence-electron chi connectivity index (χ0n) is 11.8. The molecule has 0 aliphatic carbocycles. The zero-order chi connectivity index (χ0) is 15.5. The van der Waals surface area contributed by atoms with Crippen molar-refractivity contribution in [3.8, 4) is 11.5 Å². The van der Waals surface area contributed by atoms with E-state index in [4.69, 9.17) is 9.47 Å². The third-order valence-corrected chi connectivity index (χ3v) is 3.26. The molecule has 0 saturated carbocycles. The molecule has 5 nitrogen and oxygen atoms in total. The highest BCUT2D eigenvalue weighted by Gasteiger charge is 2.23. The monoisotopic (exact) mass is 344 g/mol. The van der Waals surface area contributed by atoms with E-state index in [-0.39, 0.29) is 29.5 Å². The van der Waals surface area contributed by atoms with Crippen LogP contribution in [-0.2, 0) is 9.53 Å². The van der Waals surface area contributed by atoms with Crippen molar-refractivity contribution < 1.29 is 24.2 Å². The summed E-state index contributed by atoms with van der Waals surface area (Å²) in [6, 6.07) is 2.76. The second-order valence-corrected chi connectivity index (χ2v) is 6.11. The standard InChI is InChI=1S/C14H17BrO5/c1-14(2,3)11(16)7-20-13(18)8-5-9(15)12(17)10(6-8)19-4/h5-6,17H,7H2,1-4H3. The van der Waals surface area contributed by atoms with Crippen molar-refractivity contribution >= 4 is 27.7 Å². The van der Waals surface area contributed by atoms with E-state index < -0.39 is 11.4 Å². The second kappa shape index (κ2) is 6.26. The molecule has 0 radical (unpaired) electrons. The van der Waals surface area contributed by atoms with Gasteiger partial charge in [-0.2, -0.15) is 0 Å². The molecule has 0 heterocycles. The van der Waals surface area contributed by atoms with E-state index in [9.17, 15) is 14.7 Å². The molecule has 0 aromatic heterocycles. The van der Waals surface area contributed by atoms with Crippen LogP contribution in [0.25, 0.3) is 0 Å². The molecule has 110 valence electrons. The maximum Gasteiger partial charge on any atom is 0.338 e. The molecule has 0 fully saturated rings. The van der Waals surface area contributed by atoms with E-state index in [1.54, 1.807) is 20.8 Å². The molecular weight excluding hydrogens is 328 g/mol. The molecule has 0 saturated heterocycles. The van der Waals surface area contributed by atoms with E-state index in [0.29, 0.717) is 4.47 Å². The summed E-state index contributed by atoms with van der Waals surface area (Å²) in [5.41, 5.74) is -0.374. The lowest BCUT2D eigenvalue weighted by molar-refractivity contribution is -0.129. The van der Waals surface area contributed by atoms with Gasteiger partial charge in [0.05, 0.1) is 17.1 Å². The summed E-state index contributed by atoms with van der Waals surface area (Å²) in [6.45, 7) is 4.97. The lowest BCUT2D eigenvalue weighted by Gasteiger charge is -2.16. The first-order chi connectivity index (χ1) is 9.16. The summed E-state index contributed by atoms with van der Waals surface area (Å²) < 4.78 is 10.2. The molecule has 0 atom stereocenters. The van der Waals surface area contributed by atoms with Gasteiger partial charge in [0, 0.05) is 5.41 Å². The first-order valence-electron chi connectivity index (χ1n) is 5.93. The molecule has 1 rings (SSSR count). The molecule has 0 spiro atoms. The van der Waals surface area contributed by atoms with Gasteiger partial charge in [0.2, 0.25) is 0 Å². The lowest BCUT2D eigenvalue weighted by Crippen LogP contribution is -2.26. The van der Waals surface area contributed by atoms with Crippen LogP contribution < -0.4 is 4.74 Å². The van der Waals surface area contributed by atoms with E-state index in [2.05, 4.69) is 15.9 Å². The number of phenols is 1. The van der Waals surface area contributed by atoms with Gasteiger partial charge in [0.1, 0.15) is 0 Å². The van der Waals surface area contributed by atoms with Gasteiger partial charge in [-0.15, -0.1) is 0 Å². The first-order valence-corrected chi connectivity index (χ1v) is 6.73. The van der Waals surface area contributed by atoms with Gasteiger partial charge >= 0.3 is 5.97 Å². The fourth-order valence-electron chi connectivity index (χ4n) is 1.28. The molecule has 0 amide bonds. The van der Waals surface area contributed by atoms with Crippen LogP contribution in [0.1, 0.15) is 31.1 Å². The predicted octanol–water partition coefficient (Wildman–Crippen LogP) is 2.94. The molecule has 0 unspecified atom stereocenters. The number of halogens is 1. The first kappa shape index (κ1) is 16.5. The summed E-state index contributed by atoms with van der Waals surface area (Å²) in [7, 11) is 1.37. The molecule has 0 bridgehead atoms. The highest BCUT2D eigenvalue weighted by Crippen LogP contribution is 2.35. The number of esters is 1. The molecular formula is C14H17BrO5. The normalized spacial score (nSPS) is 11.1.